The van der Waals surface area contributed by atoms with Gasteiger partial charge in [-0.3, -0.25) is 4.79 Å². The Kier molecular flexibility index (Phi) is 1.89. The Bertz CT molecular complexity index is 721. The van der Waals surface area contributed by atoms with E-state index in [2.05, 4.69) is 0 Å². The number of benzene rings is 2. The van der Waals surface area contributed by atoms with Gasteiger partial charge < -0.3 is 10.5 Å². The van der Waals surface area contributed by atoms with Crippen LogP contribution in [0.15, 0.2) is 36.4 Å². The third-order valence-corrected chi connectivity index (χ3v) is 4.02. The summed E-state index contributed by atoms with van der Waals surface area (Å²) in [4.78, 5) is 12.6. The van der Waals surface area contributed by atoms with Crippen LogP contribution in [-0.4, -0.2) is 5.78 Å². The van der Waals surface area contributed by atoms with Gasteiger partial charge in [0.15, 0.2) is 5.78 Å². The average molecular weight is 251 g/mol. The Labute approximate surface area is 111 Å². The molecular weight excluding hydrogens is 238 g/mol. The maximum absolute atomic E-state index is 12.6. The maximum Gasteiger partial charge on any atom is 0.177 e. The van der Waals surface area contributed by atoms with Gasteiger partial charge in [-0.05, 0) is 19.1 Å². The highest BCUT2D eigenvalue weighted by Gasteiger charge is 2.48. The number of aryl methyl sites for hydroxylation is 1. The molecule has 2 atom stereocenters. The van der Waals surface area contributed by atoms with Crippen LogP contribution < -0.4 is 10.5 Å². The highest BCUT2D eigenvalue weighted by atomic mass is 16.5. The molecule has 4 rings (SSSR count). The van der Waals surface area contributed by atoms with E-state index in [0.717, 1.165) is 22.4 Å². The van der Waals surface area contributed by atoms with Gasteiger partial charge in [-0.25, -0.2) is 0 Å². The van der Waals surface area contributed by atoms with Crippen molar-refractivity contribution in [2.45, 2.75) is 18.9 Å². The molecule has 2 aliphatic rings. The SMILES string of the molecule is Cc1ccc2c(c1)C1C(=O)c3c(N)cccc3C1O2. The van der Waals surface area contributed by atoms with E-state index in [-0.39, 0.29) is 17.8 Å². The normalized spacial score (nSPS) is 22.7. The first-order valence-electron chi connectivity index (χ1n) is 6.36. The number of hydrogen-bond donors (Lipinski definition) is 1. The number of carbonyl (C=O) groups is 1. The van der Waals surface area contributed by atoms with Gasteiger partial charge in [0.05, 0.1) is 5.92 Å². The van der Waals surface area contributed by atoms with Crippen molar-refractivity contribution >= 4 is 11.5 Å². The van der Waals surface area contributed by atoms with E-state index in [1.54, 1.807) is 6.07 Å². The van der Waals surface area contributed by atoms with Crippen LogP contribution in [-0.2, 0) is 0 Å². The first-order chi connectivity index (χ1) is 9.16. The van der Waals surface area contributed by atoms with E-state index < -0.39 is 0 Å². The molecule has 0 saturated heterocycles. The molecule has 94 valence electrons. The van der Waals surface area contributed by atoms with Crippen LogP contribution in [0.4, 0.5) is 5.69 Å². The van der Waals surface area contributed by atoms with Crippen LogP contribution in [0.2, 0.25) is 0 Å². The highest BCUT2D eigenvalue weighted by Crippen LogP contribution is 2.53. The molecule has 0 radical (unpaired) electrons. The Morgan fingerprint density at radius 3 is 2.84 bits per heavy atom. The lowest BCUT2D eigenvalue weighted by molar-refractivity contribution is 0.0935. The van der Waals surface area contributed by atoms with Crippen molar-refractivity contribution in [2.75, 3.05) is 5.73 Å². The molecule has 0 bridgehead atoms. The van der Waals surface area contributed by atoms with Crippen molar-refractivity contribution in [1.29, 1.82) is 0 Å². The van der Waals surface area contributed by atoms with E-state index in [1.165, 1.54) is 0 Å². The van der Waals surface area contributed by atoms with E-state index in [1.807, 2.05) is 37.3 Å². The summed E-state index contributed by atoms with van der Waals surface area (Å²) in [6, 6.07) is 11.6. The van der Waals surface area contributed by atoms with Crippen molar-refractivity contribution in [3.8, 4) is 5.75 Å². The van der Waals surface area contributed by atoms with Crippen molar-refractivity contribution < 1.29 is 9.53 Å². The van der Waals surface area contributed by atoms with Crippen molar-refractivity contribution in [3.05, 3.63) is 58.7 Å². The van der Waals surface area contributed by atoms with Crippen molar-refractivity contribution in [1.82, 2.24) is 0 Å². The molecule has 0 saturated carbocycles. The zero-order valence-electron chi connectivity index (χ0n) is 10.5. The molecule has 3 nitrogen and oxygen atoms in total. The zero-order valence-corrected chi connectivity index (χ0v) is 10.5. The second-order valence-corrected chi connectivity index (χ2v) is 5.23. The van der Waals surface area contributed by atoms with Crippen LogP contribution in [0.25, 0.3) is 0 Å². The summed E-state index contributed by atoms with van der Waals surface area (Å²) < 4.78 is 5.96. The number of nitrogen functional groups attached to an aromatic ring is 1. The summed E-state index contributed by atoms with van der Waals surface area (Å²) in [6.45, 7) is 2.02. The van der Waals surface area contributed by atoms with Crippen LogP contribution >= 0.6 is 0 Å². The molecule has 1 aliphatic heterocycles. The quantitative estimate of drug-likeness (QED) is 0.732. The molecule has 0 fully saturated rings. The lowest BCUT2D eigenvalue weighted by Gasteiger charge is -2.09. The molecule has 0 spiro atoms. The Morgan fingerprint density at radius 1 is 1.16 bits per heavy atom. The van der Waals surface area contributed by atoms with Crippen molar-refractivity contribution in [2.24, 2.45) is 0 Å². The van der Waals surface area contributed by atoms with Gasteiger partial charge in [0.25, 0.3) is 0 Å². The van der Waals surface area contributed by atoms with E-state index >= 15 is 0 Å². The standard InChI is InChI=1S/C16H13NO2/c1-8-5-6-12-10(7-8)14-15(18)13-9(16(14)19-12)3-2-4-11(13)17/h2-7,14,16H,17H2,1H3. The minimum atomic E-state index is -0.227. The number of hydrogen-bond acceptors (Lipinski definition) is 3. The van der Waals surface area contributed by atoms with E-state index in [0.29, 0.717) is 11.3 Å². The van der Waals surface area contributed by atoms with Gasteiger partial charge >= 0.3 is 0 Å². The first-order valence-corrected chi connectivity index (χ1v) is 6.36. The molecule has 2 aromatic rings. The van der Waals surface area contributed by atoms with Crippen LogP contribution in [0.1, 0.15) is 39.1 Å². The molecule has 3 heteroatoms. The maximum atomic E-state index is 12.6. The minimum absolute atomic E-state index is 0.0856. The smallest absolute Gasteiger partial charge is 0.177 e. The predicted octanol–water partition coefficient (Wildman–Crippen LogP) is 2.99. The molecule has 0 amide bonds. The van der Waals surface area contributed by atoms with Crippen LogP contribution in [0, 0.1) is 6.92 Å². The summed E-state index contributed by atoms with van der Waals surface area (Å²) >= 11 is 0. The summed E-state index contributed by atoms with van der Waals surface area (Å²) in [5.41, 5.74) is 10.2. The Balaban J connectivity index is 1.93. The molecule has 1 aliphatic carbocycles. The monoisotopic (exact) mass is 251 g/mol. The number of rotatable bonds is 0. The molecule has 0 aromatic heterocycles. The number of anilines is 1. The molecule has 2 aromatic carbocycles. The summed E-state index contributed by atoms with van der Waals surface area (Å²) in [5, 5.41) is 0. The summed E-state index contributed by atoms with van der Waals surface area (Å²) in [7, 11) is 0. The topological polar surface area (TPSA) is 52.3 Å². The highest BCUT2D eigenvalue weighted by molar-refractivity contribution is 6.10. The zero-order chi connectivity index (χ0) is 13.1. The third-order valence-electron chi connectivity index (χ3n) is 4.02. The number of carbonyl (C=O) groups excluding carboxylic acids is 1. The largest absolute Gasteiger partial charge is 0.484 e. The van der Waals surface area contributed by atoms with Crippen molar-refractivity contribution in [3.63, 3.8) is 0 Å². The van der Waals surface area contributed by atoms with Gasteiger partial charge in [0.1, 0.15) is 11.9 Å². The van der Waals surface area contributed by atoms with Gasteiger partial charge in [-0.1, -0.05) is 29.8 Å². The summed E-state index contributed by atoms with van der Waals surface area (Å²) in [5.74, 6) is 0.680. The molecule has 19 heavy (non-hydrogen) atoms. The minimum Gasteiger partial charge on any atom is -0.484 e. The molecular formula is C16H13NO2. The number of nitrogens with two attached hydrogens (primary N) is 1. The number of ketones is 1. The van der Waals surface area contributed by atoms with Gasteiger partial charge in [0, 0.05) is 22.4 Å². The van der Waals surface area contributed by atoms with Gasteiger partial charge in [0.2, 0.25) is 0 Å². The van der Waals surface area contributed by atoms with Gasteiger partial charge in [-0.15, -0.1) is 0 Å². The molecule has 2 unspecified atom stereocenters. The van der Waals surface area contributed by atoms with Crippen LogP contribution in [0.3, 0.4) is 0 Å². The average Bonchev–Trinajstić information content (AvgIpc) is 2.88. The van der Waals surface area contributed by atoms with E-state index in [9.17, 15) is 4.79 Å². The fourth-order valence-electron chi connectivity index (χ4n) is 3.17. The summed E-state index contributed by atoms with van der Waals surface area (Å²) in [6.07, 6.45) is -0.206. The first kappa shape index (κ1) is 10.6. The second kappa shape index (κ2) is 3.38. The lowest BCUT2D eigenvalue weighted by atomic mass is 9.94. The second-order valence-electron chi connectivity index (χ2n) is 5.23. The fourth-order valence-corrected chi connectivity index (χ4v) is 3.17. The van der Waals surface area contributed by atoms with Gasteiger partial charge in [-0.2, -0.15) is 0 Å². The molecule has 2 N–H and O–H groups in total. The molecule has 1 heterocycles. The number of ether oxygens (including phenoxy) is 1. The number of fused-ring (bicyclic) bond motifs is 5. The van der Waals surface area contributed by atoms with E-state index in [4.69, 9.17) is 10.5 Å². The Morgan fingerprint density at radius 2 is 2.00 bits per heavy atom. The Hall–Kier alpha value is -2.29. The lowest BCUT2D eigenvalue weighted by Crippen LogP contribution is -2.08. The van der Waals surface area contributed by atoms with Crippen LogP contribution in [0.5, 0.6) is 5.75 Å². The fraction of sp³-hybridized carbons (Fsp3) is 0.188. The third kappa shape index (κ3) is 1.24. The number of Topliss-reactive ketones (excluding diaryl/α,β-unsaturated/α-hetero) is 1. The predicted molar refractivity (Wildman–Crippen MR) is 72.5 cm³/mol.